The van der Waals surface area contributed by atoms with Crippen molar-refractivity contribution in [1.82, 2.24) is 5.32 Å². The van der Waals surface area contributed by atoms with Gasteiger partial charge in [-0.2, -0.15) is 0 Å². The minimum absolute atomic E-state index is 0.482. The van der Waals surface area contributed by atoms with Crippen LogP contribution in [0.15, 0.2) is 18.2 Å². The average molecular weight is 261 g/mol. The number of rotatable bonds is 4. The molecule has 0 atom stereocenters. The van der Waals surface area contributed by atoms with Gasteiger partial charge in [0.15, 0.2) is 0 Å². The zero-order valence-corrected chi connectivity index (χ0v) is 12.5. The Morgan fingerprint density at radius 1 is 1.26 bits per heavy atom. The maximum Gasteiger partial charge on any atom is 0.0771 e. The highest BCUT2D eigenvalue weighted by Gasteiger charge is 2.31. The van der Waals surface area contributed by atoms with Gasteiger partial charge >= 0.3 is 0 Å². The number of benzene rings is 1. The van der Waals surface area contributed by atoms with E-state index in [0.29, 0.717) is 6.54 Å². The summed E-state index contributed by atoms with van der Waals surface area (Å²) in [4.78, 5) is 0. The fraction of sp³-hybridized carbons (Fsp3) is 0.647. The van der Waals surface area contributed by atoms with Crippen molar-refractivity contribution in [2.24, 2.45) is 5.92 Å². The second-order valence-electron chi connectivity index (χ2n) is 6.44. The number of hydrogen-bond donors (Lipinski definition) is 2. The summed E-state index contributed by atoms with van der Waals surface area (Å²) < 4.78 is 0. The van der Waals surface area contributed by atoms with Gasteiger partial charge in [0.25, 0.3) is 0 Å². The van der Waals surface area contributed by atoms with Gasteiger partial charge in [0.1, 0.15) is 0 Å². The minimum Gasteiger partial charge on any atom is -0.389 e. The molecule has 0 heterocycles. The largest absolute Gasteiger partial charge is 0.389 e. The Labute approximate surface area is 117 Å². The molecule has 0 aliphatic heterocycles. The molecule has 1 aromatic carbocycles. The Morgan fingerprint density at radius 3 is 2.63 bits per heavy atom. The van der Waals surface area contributed by atoms with Gasteiger partial charge in [-0.15, -0.1) is 0 Å². The Bertz CT molecular complexity index is 419. The number of aryl methyl sites for hydroxylation is 2. The molecule has 0 amide bonds. The maximum atomic E-state index is 10.5. The number of nitrogens with one attached hydrogen (secondary N) is 1. The van der Waals surface area contributed by atoms with E-state index in [1.807, 2.05) is 0 Å². The van der Waals surface area contributed by atoms with E-state index < -0.39 is 5.60 Å². The lowest BCUT2D eigenvalue weighted by Crippen LogP contribution is -2.43. The van der Waals surface area contributed by atoms with Crippen molar-refractivity contribution in [3.63, 3.8) is 0 Å². The van der Waals surface area contributed by atoms with E-state index >= 15 is 0 Å². The van der Waals surface area contributed by atoms with Crippen LogP contribution in [0.4, 0.5) is 0 Å². The molecular weight excluding hydrogens is 234 g/mol. The zero-order valence-electron chi connectivity index (χ0n) is 12.5. The van der Waals surface area contributed by atoms with Crippen molar-refractivity contribution in [3.05, 3.63) is 34.9 Å². The smallest absolute Gasteiger partial charge is 0.0771 e. The van der Waals surface area contributed by atoms with Crippen LogP contribution in [0.5, 0.6) is 0 Å². The fourth-order valence-electron chi connectivity index (χ4n) is 2.90. The van der Waals surface area contributed by atoms with Gasteiger partial charge in [-0.3, -0.25) is 0 Å². The standard InChI is InChI=1S/C17H27NO/c1-13-6-8-17(19,9-7-13)12-18-11-16-10-14(2)4-5-15(16)3/h4-5,10,13,18-19H,6-9,11-12H2,1-3H3. The monoisotopic (exact) mass is 261 g/mol. The van der Waals surface area contributed by atoms with Crippen LogP contribution in [0, 0.1) is 19.8 Å². The van der Waals surface area contributed by atoms with Gasteiger partial charge in [0.05, 0.1) is 5.60 Å². The van der Waals surface area contributed by atoms with Gasteiger partial charge in [-0.1, -0.05) is 30.7 Å². The molecule has 0 unspecified atom stereocenters. The lowest BCUT2D eigenvalue weighted by atomic mass is 9.79. The molecule has 19 heavy (non-hydrogen) atoms. The van der Waals surface area contributed by atoms with Crippen LogP contribution in [-0.2, 0) is 6.54 Å². The van der Waals surface area contributed by atoms with Crippen LogP contribution in [-0.4, -0.2) is 17.3 Å². The number of aliphatic hydroxyl groups is 1. The first kappa shape index (κ1) is 14.5. The molecule has 0 spiro atoms. The van der Waals surface area contributed by atoms with Gasteiger partial charge in [-0.25, -0.2) is 0 Å². The van der Waals surface area contributed by atoms with Crippen molar-refractivity contribution in [2.75, 3.05) is 6.54 Å². The lowest BCUT2D eigenvalue weighted by Gasteiger charge is -2.35. The van der Waals surface area contributed by atoms with Crippen molar-refractivity contribution in [1.29, 1.82) is 0 Å². The molecule has 0 radical (unpaired) electrons. The fourth-order valence-corrected chi connectivity index (χ4v) is 2.90. The van der Waals surface area contributed by atoms with E-state index in [-0.39, 0.29) is 0 Å². The molecule has 1 aliphatic rings. The summed E-state index contributed by atoms with van der Waals surface area (Å²) in [5.74, 6) is 0.777. The van der Waals surface area contributed by atoms with Crippen LogP contribution < -0.4 is 5.32 Å². The predicted octanol–water partition coefficient (Wildman–Crippen LogP) is 3.33. The zero-order chi connectivity index (χ0) is 13.9. The molecule has 1 fully saturated rings. The van der Waals surface area contributed by atoms with Crippen LogP contribution in [0.3, 0.4) is 0 Å². The molecule has 2 heteroatoms. The minimum atomic E-state index is -0.482. The van der Waals surface area contributed by atoms with Crippen molar-refractivity contribution in [3.8, 4) is 0 Å². The summed E-state index contributed by atoms with van der Waals surface area (Å²) >= 11 is 0. The van der Waals surface area contributed by atoms with Crippen LogP contribution in [0.2, 0.25) is 0 Å². The normalized spacial score (nSPS) is 27.5. The van der Waals surface area contributed by atoms with Crippen LogP contribution in [0.1, 0.15) is 49.3 Å². The molecule has 0 bridgehead atoms. The molecular formula is C17H27NO. The summed E-state index contributed by atoms with van der Waals surface area (Å²) in [5.41, 5.74) is 3.48. The second kappa shape index (κ2) is 6.06. The highest BCUT2D eigenvalue weighted by atomic mass is 16.3. The first-order valence-electron chi connectivity index (χ1n) is 7.48. The average Bonchev–Trinajstić information content (AvgIpc) is 2.38. The highest BCUT2D eigenvalue weighted by Crippen LogP contribution is 2.31. The third kappa shape index (κ3) is 4.05. The quantitative estimate of drug-likeness (QED) is 0.871. The summed E-state index contributed by atoms with van der Waals surface area (Å²) in [5, 5.41) is 14.0. The van der Waals surface area contributed by atoms with Crippen LogP contribution >= 0.6 is 0 Å². The van der Waals surface area contributed by atoms with E-state index in [9.17, 15) is 5.11 Å². The summed E-state index contributed by atoms with van der Waals surface area (Å²) in [7, 11) is 0. The Hall–Kier alpha value is -0.860. The van der Waals surface area contributed by atoms with Gasteiger partial charge in [0, 0.05) is 13.1 Å². The Kier molecular flexibility index (Phi) is 4.64. The SMILES string of the molecule is Cc1ccc(C)c(CNCC2(O)CCC(C)CC2)c1. The van der Waals surface area contributed by atoms with Gasteiger partial charge in [0.2, 0.25) is 0 Å². The molecule has 2 rings (SSSR count). The summed E-state index contributed by atoms with van der Waals surface area (Å²) in [6.07, 6.45) is 4.19. The van der Waals surface area contributed by atoms with E-state index in [2.05, 4.69) is 44.3 Å². The topological polar surface area (TPSA) is 32.3 Å². The first-order chi connectivity index (χ1) is 8.98. The molecule has 1 aromatic rings. The van der Waals surface area contributed by atoms with Crippen molar-refractivity contribution < 1.29 is 5.11 Å². The lowest BCUT2D eigenvalue weighted by molar-refractivity contribution is -0.00631. The van der Waals surface area contributed by atoms with E-state index in [4.69, 9.17) is 0 Å². The molecule has 1 aliphatic carbocycles. The Balaban J connectivity index is 1.84. The molecule has 2 nitrogen and oxygen atoms in total. The predicted molar refractivity (Wildman–Crippen MR) is 80.2 cm³/mol. The molecule has 2 N–H and O–H groups in total. The summed E-state index contributed by atoms with van der Waals surface area (Å²) in [6.45, 7) is 8.12. The third-order valence-electron chi connectivity index (χ3n) is 4.48. The Morgan fingerprint density at radius 2 is 1.95 bits per heavy atom. The second-order valence-corrected chi connectivity index (χ2v) is 6.44. The molecule has 0 saturated heterocycles. The van der Waals surface area contributed by atoms with Gasteiger partial charge in [-0.05, 0) is 56.6 Å². The third-order valence-corrected chi connectivity index (χ3v) is 4.48. The van der Waals surface area contributed by atoms with E-state index in [0.717, 1.165) is 38.1 Å². The first-order valence-corrected chi connectivity index (χ1v) is 7.48. The van der Waals surface area contributed by atoms with Crippen molar-refractivity contribution in [2.45, 2.75) is 58.6 Å². The molecule has 106 valence electrons. The molecule has 1 saturated carbocycles. The van der Waals surface area contributed by atoms with Crippen molar-refractivity contribution >= 4 is 0 Å². The highest BCUT2D eigenvalue weighted by molar-refractivity contribution is 5.30. The van der Waals surface area contributed by atoms with E-state index in [1.165, 1.54) is 16.7 Å². The number of hydrogen-bond acceptors (Lipinski definition) is 2. The maximum absolute atomic E-state index is 10.5. The summed E-state index contributed by atoms with van der Waals surface area (Å²) in [6, 6.07) is 6.55. The molecule has 0 aromatic heterocycles. The van der Waals surface area contributed by atoms with Crippen LogP contribution in [0.25, 0.3) is 0 Å². The van der Waals surface area contributed by atoms with E-state index in [1.54, 1.807) is 0 Å². The van der Waals surface area contributed by atoms with Gasteiger partial charge < -0.3 is 10.4 Å².